The molecular formula is C22H39N5O4. The number of ether oxygens (including phenoxy) is 2. The van der Waals surface area contributed by atoms with Crippen LogP contribution >= 0.6 is 0 Å². The lowest BCUT2D eigenvalue weighted by Gasteiger charge is -2.20. The number of hydrogen-bond donors (Lipinski definition) is 2. The van der Waals surface area contributed by atoms with Crippen LogP contribution in [0.4, 0.5) is 0 Å². The summed E-state index contributed by atoms with van der Waals surface area (Å²) in [6.07, 6.45) is 5.02. The number of unbranched alkanes of at least 4 members (excludes halogenated alkanes) is 2. The van der Waals surface area contributed by atoms with E-state index in [2.05, 4.69) is 17.5 Å². The second kappa shape index (κ2) is 38.1. The highest BCUT2D eigenvalue weighted by molar-refractivity contribution is 4.93. The number of rotatable bonds is 16. The predicted molar refractivity (Wildman–Crippen MR) is 119 cm³/mol. The van der Waals surface area contributed by atoms with E-state index in [9.17, 15) is 0 Å². The van der Waals surface area contributed by atoms with Crippen molar-refractivity contribution in [2.45, 2.75) is 46.0 Å². The Morgan fingerprint density at radius 2 is 1.13 bits per heavy atom. The second-order valence-corrected chi connectivity index (χ2v) is 5.63. The Morgan fingerprint density at radius 1 is 0.710 bits per heavy atom. The third-order valence-corrected chi connectivity index (χ3v) is 3.27. The molecular weight excluding hydrogens is 398 g/mol. The van der Waals surface area contributed by atoms with Gasteiger partial charge in [0, 0.05) is 45.3 Å². The smallest absolute Gasteiger partial charge is 0.0905 e. The summed E-state index contributed by atoms with van der Waals surface area (Å²) >= 11 is 0. The molecule has 0 unspecified atom stereocenters. The van der Waals surface area contributed by atoms with Gasteiger partial charge in [0.25, 0.3) is 0 Å². The van der Waals surface area contributed by atoms with Crippen LogP contribution < -0.4 is 0 Å². The van der Waals surface area contributed by atoms with Crippen LogP contribution in [0, 0.1) is 45.3 Å². The zero-order valence-electron chi connectivity index (χ0n) is 17.8. The van der Waals surface area contributed by atoms with E-state index in [0.717, 1.165) is 19.3 Å². The van der Waals surface area contributed by atoms with Gasteiger partial charge in [-0.25, -0.2) is 0 Å². The fraction of sp³-hybridized carbons (Fsp3) is 0.727. The average Bonchev–Trinajstić information content (AvgIpc) is 2.77. The molecule has 0 bridgehead atoms. The van der Waals surface area contributed by atoms with Crippen molar-refractivity contribution >= 4 is 0 Å². The van der Waals surface area contributed by atoms with Crippen LogP contribution in [0.25, 0.3) is 0 Å². The molecule has 0 aromatic heterocycles. The molecule has 9 heteroatoms. The van der Waals surface area contributed by atoms with E-state index in [-0.39, 0.29) is 20.6 Å². The van der Waals surface area contributed by atoms with Crippen molar-refractivity contribution in [2.24, 2.45) is 0 Å². The summed E-state index contributed by atoms with van der Waals surface area (Å²) in [6.45, 7) is 7.72. The minimum absolute atomic E-state index is 0. The Balaban J connectivity index is -0.000000251. The summed E-state index contributed by atoms with van der Waals surface area (Å²) in [6, 6.07) is 7.84. The standard InChI is InChI=1S/C13H20N4O2.C5H12O2.C3H3N.CH4/c14-4-1-7-17(8-12-18-10-2-5-15)9-13-19-11-3-6-16;6-4-2-1-3-5-7;1-2-3-4;/h1-3,7-13H2;6-7H,1-5H2;2H,1H2;1H4. The van der Waals surface area contributed by atoms with E-state index < -0.39 is 0 Å². The Labute approximate surface area is 188 Å². The zero-order valence-corrected chi connectivity index (χ0v) is 17.8. The average molecular weight is 438 g/mol. The number of aliphatic hydroxyl groups is 2. The van der Waals surface area contributed by atoms with Crippen LogP contribution in [0.3, 0.4) is 0 Å². The van der Waals surface area contributed by atoms with Crippen molar-refractivity contribution in [2.75, 3.05) is 59.3 Å². The molecule has 0 rings (SSSR count). The summed E-state index contributed by atoms with van der Waals surface area (Å²) in [5.74, 6) is 0. The lowest BCUT2D eigenvalue weighted by molar-refractivity contribution is 0.0788. The Kier molecular flexibility index (Phi) is 44.2. The van der Waals surface area contributed by atoms with Crippen molar-refractivity contribution in [1.82, 2.24) is 4.90 Å². The van der Waals surface area contributed by atoms with Crippen molar-refractivity contribution in [3.63, 3.8) is 0 Å². The molecule has 2 N–H and O–H groups in total. The van der Waals surface area contributed by atoms with Crippen molar-refractivity contribution < 1.29 is 19.7 Å². The SMILES string of the molecule is C.C=CC#N.N#CCCOCCN(CCC#N)CCOCCC#N.OCCCCCO. The van der Waals surface area contributed by atoms with Crippen molar-refractivity contribution in [1.29, 1.82) is 21.0 Å². The third-order valence-electron chi connectivity index (χ3n) is 3.27. The van der Waals surface area contributed by atoms with Gasteiger partial charge in [-0.1, -0.05) is 14.0 Å². The highest BCUT2D eigenvalue weighted by atomic mass is 16.5. The molecule has 0 saturated heterocycles. The number of aliphatic hydroxyl groups excluding tert-OH is 2. The first-order chi connectivity index (χ1) is 14.7. The maximum atomic E-state index is 8.59. The molecule has 0 fully saturated rings. The number of nitriles is 4. The first-order valence-electron chi connectivity index (χ1n) is 9.89. The quantitative estimate of drug-likeness (QED) is 0.273. The highest BCUT2D eigenvalue weighted by Gasteiger charge is 2.04. The van der Waals surface area contributed by atoms with Crippen LogP contribution in [0.2, 0.25) is 0 Å². The summed E-state index contributed by atoms with van der Waals surface area (Å²) in [5.41, 5.74) is 0. The summed E-state index contributed by atoms with van der Waals surface area (Å²) in [5, 5.41) is 49.2. The number of hydrogen-bond acceptors (Lipinski definition) is 9. The van der Waals surface area contributed by atoms with Crippen LogP contribution in [-0.4, -0.2) is 74.4 Å². The third kappa shape index (κ3) is 42.6. The lowest BCUT2D eigenvalue weighted by atomic mass is 10.2. The van der Waals surface area contributed by atoms with Gasteiger partial charge in [0.05, 0.1) is 63.5 Å². The fourth-order valence-corrected chi connectivity index (χ4v) is 1.77. The molecule has 0 aromatic rings. The molecule has 0 aliphatic carbocycles. The fourth-order valence-electron chi connectivity index (χ4n) is 1.77. The molecule has 0 radical (unpaired) electrons. The van der Waals surface area contributed by atoms with Gasteiger partial charge in [0.2, 0.25) is 0 Å². The number of nitrogens with zero attached hydrogens (tertiary/aromatic N) is 5. The monoisotopic (exact) mass is 437 g/mol. The molecule has 0 heterocycles. The van der Waals surface area contributed by atoms with Gasteiger partial charge in [-0.05, 0) is 19.3 Å². The maximum Gasteiger partial charge on any atom is 0.0905 e. The molecule has 0 spiro atoms. The predicted octanol–water partition coefficient (Wildman–Crippen LogP) is 2.54. The van der Waals surface area contributed by atoms with E-state index >= 15 is 0 Å². The molecule has 9 nitrogen and oxygen atoms in total. The van der Waals surface area contributed by atoms with E-state index in [1.165, 1.54) is 6.08 Å². The Hall–Kier alpha value is -2.50. The van der Waals surface area contributed by atoms with Gasteiger partial charge < -0.3 is 19.7 Å². The van der Waals surface area contributed by atoms with Gasteiger partial charge in [0.1, 0.15) is 0 Å². The largest absolute Gasteiger partial charge is 0.396 e. The molecule has 0 saturated carbocycles. The van der Waals surface area contributed by atoms with E-state index in [1.807, 2.05) is 12.1 Å². The first-order valence-corrected chi connectivity index (χ1v) is 9.89. The Morgan fingerprint density at radius 3 is 1.45 bits per heavy atom. The minimum Gasteiger partial charge on any atom is -0.396 e. The maximum absolute atomic E-state index is 8.59. The molecule has 0 atom stereocenters. The Bertz CT molecular complexity index is 490. The lowest BCUT2D eigenvalue weighted by Crippen LogP contribution is -2.32. The molecule has 0 amide bonds. The molecule has 0 aliphatic rings. The molecule has 0 aliphatic heterocycles. The van der Waals surface area contributed by atoms with E-state index in [1.54, 1.807) is 6.07 Å². The summed E-state index contributed by atoms with van der Waals surface area (Å²) in [7, 11) is 0. The minimum atomic E-state index is 0. The molecule has 176 valence electrons. The van der Waals surface area contributed by atoms with Crippen molar-refractivity contribution in [3.05, 3.63) is 12.7 Å². The van der Waals surface area contributed by atoms with Crippen LogP contribution in [-0.2, 0) is 9.47 Å². The van der Waals surface area contributed by atoms with Gasteiger partial charge in [-0.15, -0.1) is 0 Å². The van der Waals surface area contributed by atoms with Crippen LogP contribution in [0.15, 0.2) is 12.7 Å². The topological polar surface area (TPSA) is 157 Å². The van der Waals surface area contributed by atoms with Gasteiger partial charge in [-0.3, -0.25) is 4.90 Å². The van der Waals surface area contributed by atoms with E-state index in [4.69, 9.17) is 40.7 Å². The molecule has 0 aromatic carbocycles. The number of allylic oxidation sites excluding steroid dienone is 1. The van der Waals surface area contributed by atoms with Gasteiger partial charge >= 0.3 is 0 Å². The van der Waals surface area contributed by atoms with E-state index in [0.29, 0.717) is 65.3 Å². The van der Waals surface area contributed by atoms with Gasteiger partial charge in [0.15, 0.2) is 0 Å². The zero-order chi connectivity index (χ0) is 23.1. The second-order valence-electron chi connectivity index (χ2n) is 5.63. The normalized spacial score (nSPS) is 8.61. The van der Waals surface area contributed by atoms with Crippen LogP contribution in [0.5, 0.6) is 0 Å². The molecule has 31 heavy (non-hydrogen) atoms. The van der Waals surface area contributed by atoms with Crippen molar-refractivity contribution in [3.8, 4) is 24.3 Å². The van der Waals surface area contributed by atoms with Crippen LogP contribution in [0.1, 0.15) is 46.0 Å². The summed E-state index contributed by atoms with van der Waals surface area (Å²) < 4.78 is 10.6. The highest BCUT2D eigenvalue weighted by Crippen LogP contribution is 1.94. The van der Waals surface area contributed by atoms with Gasteiger partial charge in [-0.2, -0.15) is 21.0 Å². The summed E-state index contributed by atoms with van der Waals surface area (Å²) in [4.78, 5) is 2.09. The first kappa shape index (κ1) is 35.9.